The topological polar surface area (TPSA) is 49.3 Å². The van der Waals surface area contributed by atoms with E-state index in [2.05, 4.69) is 0 Å². The molecule has 0 aliphatic rings. The minimum absolute atomic E-state index is 0.311. The van der Waals surface area contributed by atoms with Gasteiger partial charge in [-0.25, -0.2) is 0 Å². The number of benzene rings is 2. The van der Waals surface area contributed by atoms with Gasteiger partial charge in [0.2, 0.25) is 0 Å². The molecule has 0 radical (unpaired) electrons. The lowest BCUT2D eigenvalue weighted by Gasteiger charge is -2.26. The molecule has 4 heteroatoms. The first kappa shape index (κ1) is 12.3. The van der Waals surface area contributed by atoms with Crippen molar-refractivity contribution >= 4 is 5.91 Å². The largest absolute Gasteiger partial charge is 0.372 e. The standard InChI is InChI=1S/C14H12FNO2/c15-16-13(17)14(18,11-7-3-1-4-8-11)12-9-5-2-6-10-12/h1-10,18H,(H,16,17). The lowest BCUT2D eigenvalue weighted by Crippen LogP contribution is -2.42. The number of nitrogens with one attached hydrogen (secondary N) is 1. The van der Waals surface area contributed by atoms with E-state index in [9.17, 15) is 14.4 Å². The van der Waals surface area contributed by atoms with Gasteiger partial charge < -0.3 is 5.11 Å². The van der Waals surface area contributed by atoms with Crippen LogP contribution in [-0.4, -0.2) is 11.0 Å². The number of carbonyl (C=O) groups is 1. The number of amides is 1. The van der Waals surface area contributed by atoms with Crippen LogP contribution < -0.4 is 5.54 Å². The minimum Gasteiger partial charge on any atom is -0.372 e. The van der Waals surface area contributed by atoms with Crippen molar-refractivity contribution in [2.45, 2.75) is 5.60 Å². The predicted molar refractivity (Wildman–Crippen MR) is 65.1 cm³/mol. The van der Waals surface area contributed by atoms with Gasteiger partial charge in [0.05, 0.1) is 0 Å². The SMILES string of the molecule is O=C(NF)C(O)(c1ccccc1)c1ccccc1. The van der Waals surface area contributed by atoms with Gasteiger partial charge in [0.25, 0.3) is 5.91 Å². The van der Waals surface area contributed by atoms with Crippen molar-refractivity contribution in [3.8, 4) is 0 Å². The van der Waals surface area contributed by atoms with Crippen molar-refractivity contribution in [2.24, 2.45) is 0 Å². The monoisotopic (exact) mass is 245 g/mol. The van der Waals surface area contributed by atoms with Crippen LogP contribution in [0.4, 0.5) is 4.48 Å². The zero-order chi connectivity index (χ0) is 13.0. The van der Waals surface area contributed by atoms with E-state index >= 15 is 0 Å². The summed E-state index contributed by atoms with van der Waals surface area (Å²) < 4.78 is 12.5. The van der Waals surface area contributed by atoms with Crippen molar-refractivity contribution in [1.82, 2.24) is 5.54 Å². The van der Waals surface area contributed by atoms with Crippen molar-refractivity contribution in [2.75, 3.05) is 0 Å². The minimum atomic E-state index is -2.03. The summed E-state index contributed by atoms with van der Waals surface area (Å²) in [5.41, 5.74) is -0.394. The Balaban J connectivity index is 2.59. The zero-order valence-electron chi connectivity index (χ0n) is 9.51. The Kier molecular flexibility index (Phi) is 3.39. The van der Waals surface area contributed by atoms with Crippen LogP contribution in [0.25, 0.3) is 0 Å². The second-order valence-electron chi connectivity index (χ2n) is 3.87. The fourth-order valence-corrected chi connectivity index (χ4v) is 1.86. The first-order chi connectivity index (χ1) is 8.69. The summed E-state index contributed by atoms with van der Waals surface area (Å²) in [7, 11) is 0. The molecule has 2 aromatic rings. The highest BCUT2D eigenvalue weighted by molar-refractivity contribution is 5.89. The normalized spacial score (nSPS) is 11.0. The van der Waals surface area contributed by atoms with Crippen LogP contribution in [0, 0.1) is 0 Å². The third-order valence-electron chi connectivity index (χ3n) is 2.80. The van der Waals surface area contributed by atoms with E-state index in [0.29, 0.717) is 11.1 Å². The smallest absolute Gasteiger partial charge is 0.288 e. The fourth-order valence-electron chi connectivity index (χ4n) is 1.86. The molecule has 2 N–H and O–H groups in total. The number of carbonyl (C=O) groups excluding carboxylic acids is 1. The molecule has 0 bridgehead atoms. The summed E-state index contributed by atoms with van der Waals surface area (Å²) >= 11 is 0. The molecule has 0 atom stereocenters. The van der Waals surface area contributed by atoms with E-state index in [1.807, 2.05) is 0 Å². The highest BCUT2D eigenvalue weighted by Gasteiger charge is 2.39. The second-order valence-corrected chi connectivity index (χ2v) is 3.87. The van der Waals surface area contributed by atoms with Gasteiger partial charge in [-0.1, -0.05) is 60.7 Å². The number of halogens is 1. The third-order valence-corrected chi connectivity index (χ3v) is 2.80. The summed E-state index contributed by atoms with van der Waals surface area (Å²) in [4.78, 5) is 11.7. The highest BCUT2D eigenvalue weighted by atomic mass is 19.2. The van der Waals surface area contributed by atoms with Gasteiger partial charge in [-0.15, -0.1) is 4.48 Å². The maximum absolute atomic E-state index is 12.5. The van der Waals surface area contributed by atoms with Gasteiger partial charge in [0, 0.05) is 0 Å². The van der Waals surface area contributed by atoms with Crippen LogP contribution in [0.2, 0.25) is 0 Å². The third kappa shape index (κ3) is 1.98. The van der Waals surface area contributed by atoms with E-state index in [0.717, 1.165) is 5.54 Å². The molecule has 0 saturated carbocycles. The molecule has 2 rings (SSSR count). The Bertz CT molecular complexity index is 489. The molecule has 0 aliphatic carbocycles. The van der Waals surface area contributed by atoms with Crippen molar-refractivity contribution in [3.05, 3.63) is 71.8 Å². The van der Waals surface area contributed by atoms with Crippen LogP contribution in [0.3, 0.4) is 0 Å². The first-order valence-electron chi connectivity index (χ1n) is 5.44. The van der Waals surface area contributed by atoms with E-state index in [-0.39, 0.29) is 0 Å². The molecular formula is C14H12FNO2. The number of hydrogen-bond acceptors (Lipinski definition) is 2. The van der Waals surface area contributed by atoms with Crippen LogP contribution in [0.5, 0.6) is 0 Å². The van der Waals surface area contributed by atoms with Gasteiger partial charge in [-0.3, -0.25) is 4.79 Å². The maximum atomic E-state index is 12.5. The first-order valence-corrected chi connectivity index (χ1v) is 5.44. The summed E-state index contributed by atoms with van der Waals surface area (Å²) in [6.07, 6.45) is 0. The Labute approximate surface area is 104 Å². The number of hydrogen-bond donors (Lipinski definition) is 2. The Morgan fingerprint density at radius 3 is 1.67 bits per heavy atom. The molecule has 92 valence electrons. The number of aliphatic hydroxyl groups is 1. The molecular weight excluding hydrogens is 233 g/mol. The molecule has 1 amide bonds. The van der Waals surface area contributed by atoms with Crippen LogP contribution in [0.1, 0.15) is 11.1 Å². The molecule has 18 heavy (non-hydrogen) atoms. The molecule has 0 unspecified atom stereocenters. The molecule has 3 nitrogen and oxygen atoms in total. The average molecular weight is 245 g/mol. The number of rotatable bonds is 3. The maximum Gasteiger partial charge on any atom is 0.288 e. The van der Waals surface area contributed by atoms with E-state index < -0.39 is 11.5 Å². The van der Waals surface area contributed by atoms with Gasteiger partial charge in [-0.05, 0) is 11.1 Å². The molecule has 0 heterocycles. The lowest BCUT2D eigenvalue weighted by atomic mass is 9.86. The molecule has 0 aliphatic heterocycles. The summed E-state index contributed by atoms with van der Waals surface area (Å²) in [6.45, 7) is 0. The van der Waals surface area contributed by atoms with E-state index in [1.54, 1.807) is 60.7 Å². The van der Waals surface area contributed by atoms with Crippen molar-refractivity contribution < 1.29 is 14.4 Å². The van der Waals surface area contributed by atoms with Gasteiger partial charge in [0.15, 0.2) is 5.60 Å². The van der Waals surface area contributed by atoms with E-state index in [1.165, 1.54) is 0 Å². The molecule has 0 saturated heterocycles. The molecule has 0 aromatic heterocycles. The average Bonchev–Trinajstić information content (AvgIpc) is 2.47. The zero-order valence-corrected chi connectivity index (χ0v) is 9.51. The van der Waals surface area contributed by atoms with Crippen molar-refractivity contribution in [3.63, 3.8) is 0 Å². The van der Waals surface area contributed by atoms with E-state index in [4.69, 9.17) is 0 Å². The Morgan fingerprint density at radius 2 is 1.33 bits per heavy atom. The Hall–Kier alpha value is -2.20. The lowest BCUT2D eigenvalue weighted by molar-refractivity contribution is -0.141. The van der Waals surface area contributed by atoms with Gasteiger partial charge in [0.1, 0.15) is 0 Å². The Morgan fingerprint density at radius 1 is 0.944 bits per heavy atom. The summed E-state index contributed by atoms with van der Waals surface area (Å²) in [5, 5.41) is 10.6. The highest BCUT2D eigenvalue weighted by Crippen LogP contribution is 2.29. The summed E-state index contributed by atoms with van der Waals surface area (Å²) in [6, 6.07) is 16.5. The molecule has 0 spiro atoms. The van der Waals surface area contributed by atoms with Crippen LogP contribution >= 0.6 is 0 Å². The van der Waals surface area contributed by atoms with Crippen molar-refractivity contribution in [1.29, 1.82) is 0 Å². The van der Waals surface area contributed by atoms with Gasteiger partial charge >= 0.3 is 0 Å². The second kappa shape index (κ2) is 4.98. The molecule has 0 fully saturated rings. The molecule has 2 aromatic carbocycles. The summed E-state index contributed by atoms with van der Waals surface area (Å²) in [5.74, 6) is -1.11. The fraction of sp³-hybridized carbons (Fsp3) is 0.0714. The van der Waals surface area contributed by atoms with Crippen LogP contribution in [0.15, 0.2) is 60.7 Å². The quantitative estimate of drug-likeness (QED) is 0.812. The predicted octanol–water partition coefficient (Wildman–Crippen LogP) is 1.92. The van der Waals surface area contributed by atoms with Gasteiger partial charge in [-0.2, -0.15) is 5.54 Å². The van der Waals surface area contributed by atoms with Crippen LogP contribution in [-0.2, 0) is 10.4 Å².